The summed E-state index contributed by atoms with van der Waals surface area (Å²) in [5.74, 6) is 0.552. The zero-order valence-corrected chi connectivity index (χ0v) is 12.3. The summed E-state index contributed by atoms with van der Waals surface area (Å²) < 4.78 is 27.7. The largest absolute Gasteiger partial charge is 0.373 e. The highest BCUT2D eigenvalue weighted by molar-refractivity contribution is 7.89. The Balaban J connectivity index is 2.21. The van der Waals surface area contributed by atoms with Gasteiger partial charge in [0.15, 0.2) is 0 Å². The molecule has 1 aromatic heterocycles. The summed E-state index contributed by atoms with van der Waals surface area (Å²) in [5, 5.41) is 2.85. The number of aromatic nitrogens is 1. The smallest absolute Gasteiger partial charge is 0.241 e. The Kier molecular flexibility index (Phi) is 4.10. The normalized spacial score (nSPS) is 19.1. The molecule has 0 unspecified atom stereocenters. The minimum absolute atomic E-state index is 0.263. The quantitative estimate of drug-likeness (QED) is 0.888. The van der Waals surface area contributed by atoms with Crippen molar-refractivity contribution in [3.63, 3.8) is 0 Å². The molecule has 0 aromatic carbocycles. The minimum atomic E-state index is -3.48. The van der Waals surface area contributed by atoms with Gasteiger partial charge in [0, 0.05) is 24.8 Å². The molecule has 0 aliphatic heterocycles. The van der Waals surface area contributed by atoms with E-state index in [1.807, 2.05) is 6.92 Å². The number of hydrogen-bond acceptors (Lipinski definition) is 4. The molecule has 5 nitrogen and oxygen atoms in total. The van der Waals surface area contributed by atoms with Crippen molar-refractivity contribution in [2.24, 2.45) is 0 Å². The molecular formula is C13H21N3O2S. The van der Waals surface area contributed by atoms with Gasteiger partial charge in [0.25, 0.3) is 0 Å². The molecule has 0 amide bonds. The summed E-state index contributed by atoms with van der Waals surface area (Å²) >= 11 is 0. The van der Waals surface area contributed by atoms with Gasteiger partial charge in [-0.2, -0.15) is 0 Å². The van der Waals surface area contributed by atoms with E-state index in [0.29, 0.717) is 5.82 Å². The highest BCUT2D eigenvalue weighted by atomic mass is 32.2. The van der Waals surface area contributed by atoms with E-state index in [-0.39, 0.29) is 10.4 Å². The van der Waals surface area contributed by atoms with Gasteiger partial charge in [-0.3, -0.25) is 0 Å². The van der Waals surface area contributed by atoms with Crippen LogP contribution in [-0.2, 0) is 10.0 Å². The Bertz CT molecular complexity index is 537. The number of nitrogens with zero attached hydrogens (tertiary/aromatic N) is 1. The fourth-order valence-corrected chi connectivity index (χ4v) is 4.01. The Morgan fingerprint density at radius 2 is 1.95 bits per heavy atom. The predicted octanol–water partition coefficient (Wildman–Crippen LogP) is 2.12. The summed E-state index contributed by atoms with van der Waals surface area (Å²) in [6.45, 7) is 1.99. The van der Waals surface area contributed by atoms with Gasteiger partial charge in [0.1, 0.15) is 5.82 Å². The van der Waals surface area contributed by atoms with Crippen LogP contribution in [0.5, 0.6) is 0 Å². The summed E-state index contributed by atoms with van der Waals surface area (Å²) in [6.07, 6.45) is 6.65. The lowest BCUT2D eigenvalue weighted by Crippen LogP contribution is -2.47. The van der Waals surface area contributed by atoms with Crippen molar-refractivity contribution in [2.45, 2.75) is 49.5 Å². The van der Waals surface area contributed by atoms with Gasteiger partial charge in [0.05, 0.1) is 4.90 Å². The third-order valence-electron chi connectivity index (χ3n) is 3.64. The fraction of sp³-hybridized carbons (Fsp3) is 0.615. The molecule has 1 aliphatic carbocycles. The van der Waals surface area contributed by atoms with Crippen LogP contribution in [0, 0.1) is 0 Å². The fourth-order valence-electron chi connectivity index (χ4n) is 2.53. The van der Waals surface area contributed by atoms with E-state index in [9.17, 15) is 8.42 Å². The lowest BCUT2D eigenvalue weighted by Gasteiger charge is -2.34. The van der Waals surface area contributed by atoms with E-state index in [0.717, 1.165) is 25.7 Å². The number of nitrogens with one attached hydrogen (secondary N) is 2. The molecule has 1 aliphatic rings. The van der Waals surface area contributed by atoms with Gasteiger partial charge in [-0.15, -0.1) is 0 Å². The standard InChI is InChI=1S/C13H21N3O2S/c1-13(7-4-3-5-8-13)16-19(17,18)11-6-9-15-12(10-11)14-2/h6,9-10,16H,3-5,7-8H2,1-2H3,(H,14,15). The predicted molar refractivity (Wildman–Crippen MR) is 75.6 cm³/mol. The number of sulfonamides is 1. The third-order valence-corrected chi connectivity index (χ3v) is 5.27. The van der Waals surface area contributed by atoms with Crippen molar-refractivity contribution in [1.82, 2.24) is 9.71 Å². The molecule has 1 heterocycles. The molecule has 2 rings (SSSR count). The molecule has 0 radical (unpaired) electrons. The monoisotopic (exact) mass is 283 g/mol. The van der Waals surface area contributed by atoms with E-state index in [2.05, 4.69) is 15.0 Å². The molecule has 106 valence electrons. The number of anilines is 1. The Hall–Kier alpha value is -1.14. The molecule has 0 atom stereocenters. The first-order valence-electron chi connectivity index (χ1n) is 6.63. The number of hydrogen-bond donors (Lipinski definition) is 2. The van der Waals surface area contributed by atoms with Crippen LogP contribution in [-0.4, -0.2) is 26.0 Å². The van der Waals surface area contributed by atoms with Gasteiger partial charge in [-0.1, -0.05) is 19.3 Å². The molecule has 19 heavy (non-hydrogen) atoms. The van der Waals surface area contributed by atoms with Gasteiger partial charge in [0.2, 0.25) is 10.0 Å². The first kappa shape index (κ1) is 14.3. The summed E-state index contributed by atoms with van der Waals surface area (Å²) in [7, 11) is -1.76. The van der Waals surface area contributed by atoms with Gasteiger partial charge < -0.3 is 5.32 Å². The third kappa shape index (κ3) is 3.45. The molecule has 1 aromatic rings. The highest BCUT2D eigenvalue weighted by Crippen LogP contribution is 2.29. The van der Waals surface area contributed by atoms with Crippen molar-refractivity contribution in [3.8, 4) is 0 Å². The van der Waals surface area contributed by atoms with Crippen LogP contribution >= 0.6 is 0 Å². The van der Waals surface area contributed by atoms with Crippen LogP contribution in [0.1, 0.15) is 39.0 Å². The lowest BCUT2D eigenvalue weighted by atomic mass is 9.84. The number of rotatable bonds is 4. The van der Waals surface area contributed by atoms with Gasteiger partial charge >= 0.3 is 0 Å². The maximum absolute atomic E-state index is 12.4. The van der Waals surface area contributed by atoms with Crippen molar-refractivity contribution >= 4 is 15.8 Å². The number of pyridine rings is 1. The maximum atomic E-state index is 12.4. The zero-order chi connectivity index (χ0) is 13.9. The summed E-state index contributed by atoms with van der Waals surface area (Å²) in [5.41, 5.74) is -0.319. The average Bonchev–Trinajstić information content (AvgIpc) is 2.38. The van der Waals surface area contributed by atoms with Gasteiger partial charge in [-0.25, -0.2) is 18.1 Å². The Morgan fingerprint density at radius 1 is 1.26 bits per heavy atom. The lowest BCUT2D eigenvalue weighted by molar-refractivity contribution is 0.294. The first-order chi connectivity index (χ1) is 8.95. The molecule has 0 saturated heterocycles. The van der Waals surface area contributed by atoms with Crippen molar-refractivity contribution in [3.05, 3.63) is 18.3 Å². The summed E-state index contributed by atoms with van der Waals surface area (Å²) in [6, 6.07) is 3.07. The zero-order valence-electron chi connectivity index (χ0n) is 11.4. The van der Waals surface area contributed by atoms with Crippen molar-refractivity contribution in [2.75, 3.05) is 12.4 Å². The highest BCUT2D eigenvalue weighted by Gasteiger charge is 2.32. The molecule has 6 heteroatoms. The second kappa shape index (κ2) is 5.46. The Morgan fingerprint density at radius 3 is 2.58 bits per heavy atom. The van der Waals surface area contributed by atoms with Crippen LogP contribution in [0.4, 0.5) is 5.82 Å². The second-order valence-corrected chi connectivity index (χ2v) is 7.04. The van der Waals surface area contributed by atoms with Crippen LogP contribution in [0.2, 0.25) is 0 Å². The SMILES string of the molecule is CNc1cc(S(=O)(=O)NC2(C)CCCCC2)ccn1. The van der Waals surface area contributed by atoms with Crippen LogP contribution in [0.3, 0.4) is 0 Å². The minimum Gasteiger partial charge on any atom is -0.373 e. The van der Waals surface area contributed by atoms with E-state index in [4.69, 9.17) is 0 Å². The molecule has 1 saturated carbocycles. The van der Waals surface area contributed by atoms with Crippen LogP contribution in [0.15, 0.2) is 23.2 Å². The summed E-state index contributed by atoms with van der Waals surface area (Å²) in [4.78, 5) is 4.29. The maximum Gasteiger partial charge on any atom is 0.241 e. The second-order valence-electron chi connectivity index (χ2n) is 5.35. The van der Waals surface area contributed by atoms with E-state index < -0.39 is 10.0 Å². The molecule has 0 spiro atoms. The van der Waals surface area contributed by atoms with E-state index in [1.54, 1.807) is 13.1 Å². The van der Waals surface area contributed by atoms with Crippen LogP contribution in [0.25, 0.3) is 0 Å². The van der Waals surface area contributed by atoms with E-state index in [1.165, 1.54) is 18.7 Å². The van der Waals surface area contributed by atoms with Crippen LogP contribution < -0.4 is 10.0 Å². The molecule has 2 N–H and O–H groups in total. The molecule has 1 fully saturated rings. The topological polar surface area (TPSA) is 71.1 Å². The first-order valence-corrected chi connectivity index (χ1v) is 8.11. The average molecular weight is 283 g/mol. The van der Waals surface area contributed by atoms with Crippen molar-refractivity contribution in [1.29, 1.82) is 0 Å². The van der Waals surface area contributed by atoms with Crippen molar-refractivity contribution < 1.29 is 8.42 Å². The Labute approximate surface area is 114 Å². The molecular weight excluding hydrogens is 262 g/mol. The van der Waals surface area contributed by atoms with Gasteiger partial charge in [-0.05, 0) is 25.8 Å². The van der Waals surface area contributed by atoms with E-state index >= 15 is 0 Å². The molecule has 0 bridgehead atoms.